The molecular weight excluding hydrogens is 729 g/mol. The van der Waals surface area contributed by atoms with E-state index in [9.17, 15) is 28.2 Å². The molecule has 3 aromatic heterocycles. The lowest BCUT2D eigenvalue weighted by Crippen LogP contribution is -2.19. The standard InChI is InChI=1S/C15H12ClFN2O.C8H9BrFNO.C5H3BrFN.C3H6O/c1-15(2,20)14-11(7-19-8-13(14)17)9-3-4-10(6-18)12(16)5-9;1-8(2,12)7-5(9)3-11-4-6(7)10;6-4-1-5(7)3-8-2-4;1-3(2)4/h3-5,7-8,20H,1-2H3;3-4,12H,1-2H3;1-3H;1-2H3. The van der Waals surface area contributed by atoms with Gasteiger partial charge in [0.2, 0.25) is 0 Å². The molecule has 0 amide bonds. The number of hydrogen-bond acceptors (Lipinski definition) is 7. The lowest BCUT2D eigenvalue weighted by molar-refractivity contribution is -0.115. The Hall–Kier alpha value is -3.21. The molecule has 44 heavy (non-hydrogen) atoms. The number of carbonyl (C=O) groups excluding carboxylic acids is 1. The van der Waals surface area contributed by atoms with Crippen LogP contribution in [0.15, 0.2) is 70.4 Å². The van der Waals surface area contributed by atoms with E-state index in [-0.39, 0.29) is 27.8 Å². The average molecular weight is 759 g/mol. The molecule has 0 saturated carbocycles. The fourth-order valence-corrected chi connectivity index (χ4v) is 4.78. The fourth-order valence-electron chi connectivity index (χ4n) is 3.43. The quantitative estimate of drug-likeness (QED) is 0.215. The van der Waals surface area contributed by atoms with Crippen molar-refractivity contribution in [3.8, 4) is 17.2 Å². The first kappa shape index (κ1) is 38.8. The van der Waals surface area contributed by atoms with Crippen molar-refractivity contribution >= 4 is 49.2 Å². The minimum atomic E-state index is -1.36. The maximum atomic E-state index is 14.0. The minimum absolute atomic E-state index is 0.147. The average Bonchev–Trinajstić information content (AvgIpc) is 2.87. The van der Waals surface area contributed by atoms with Crippen LogP contribution in [-0.4, -0.2) is 30.9 Å². The Morgan fingerprint density at radius 1 is 0.841 bits per heavy atom. The second kappa shape index (κ2) is 17.3. The van der Waals surface area contributed by atoms with E-state index in [1.165, 1.54) is 66.2 Å². The molecule has 4 aromatic rings. The minimum Gasteiger partial charge on any atom is -0.386 e. The molecule has 0 spiro atoms. The fraction of sp³-hybridized carbons (Fsp3) is 0.258. The van der Waals surface area contributed by atoms with Gasteiger partial charge >= 0.3 is 0 Å². The van der Waals surface area contributed by atoms with Crippen LogP contribution in [0.4, 0.5) is 13.2 Å². The molecule has 234 valence electrons. The third kappa shape index (κ3) is 12.8. The SMILES string of the molecule is CC(C)(O)c1c(F)cncc1-c1ccc(C#N)c(Cl)c1.CC(C)(O)c1c(F)cncc1Br.CC(C)=O.Fc1cncc(Br)c1. The van der Waals surface area contributed by atoms with Gasteiger partial charge in [0, 0.05) is 44.2 Å². The van der Waals surface area contributed by atoms with Gasteiger partial charge in [0.05, 0.1) is 40.4 Å². The summed E-state index contributed by atoms with van der Waals surface area (Å²) in [5, 5.41) is 28.8. The summed E-state index contributed by atoms with van der Waals surface area (Å²) in [5.74, 6) is -1.24. The lowest BCUT2D eigenvalue weighted by Gasteiger charge is -2.22. The monoisotopic (exact) mass is 756 g/mol. The molecule has 0 bridgehead atoms. The number of carbonyl (C=O) groups is 1. The first-order valence-electron chi connectivity index (χ1n) is 12.6. The number of nitrogens with zero attached hydrogens (tertiary/aromatic N) is 4. The highest BCUT2D eigenvalue weighted by Crippen LogP contribution is 2.34. The number of aromatic nitrogens is 3. The van der Waals surface area contributed by atoms with Crippen molar-refractivity contribution < 1.29 is 28.2 Å². The number of ketones is 1. The molecule has 0 unspecified atom stereocenters. The van der Waals surface area contributed by atoms with Gasteiger partial charge < -0.3 is 15.0 Å². The molecule has 0 fully saturated rings. The van der Waals surface area contributed by atoms with E-state index in [4.69, 9.17) is 16.9 Å². The normalized spacial score (nSPS) is 10.6. The van der Waals surface area contributed by atoms with Crippen LogP contribution in [0.5, 0.6) is 0 Å². The Morgan fingerprint density at radius 3 is 1.73 bits per heavy atom. The number of halogens is 6. The van der Waals surface area contributed by atoms with Gasteiger partial charge in [0.1, 0.15) is 29.3 Å². The van der Waals surface area contributed by atoms with Crippen molar-refractivity contribution in [1.82, 2.24) is 15.0 Å². The lowest BCUT2D eigenvalue weighted by atomic mass is 9.90. The highest BCUT2D eigenvalue weighted by molar-refractivity contribution is 9.10. The number of benzene rings is 1. The number of aliphatic hydroxyl groups is 2. The van der Waals surface area contributed by atoms with Gasteiger partial charge in [-0.3, -0.25) is 15.0 Å². The van der Waals surface area contributed by atoms with Crippen molar-refractivity contribution in [3.05, 3.63) is 110 Å². The van der Waals surface area contributed by atoms with Gasteiger partial charge in [-0.25, -0.2) is 13.2 Å². The Morgan fingerprint density at radius 2 is 1.34 bits per heavy atom. The van der Waals surface area contributed by atoms with Crippen molar-refractivity contribution in [2.45, 2.75) is 52.7 Å². The molecule has 7 nitrogen and oxygen atoms in total. The molecule has 1 aromatic carbocycles. The number of Topliss-reactive ketones (excluding diaryl/α,β-unsaturated/α-hetero) is 1. The molecular formula is C31H30Br2ClF3N4O3. The van der Waals surface area contributed by atoms with Gasteiger partial charge in [0.25, 0.3) is 0 Å². The zero-order valence-electron chi connectivity index (χ0n) is 24.6. The van der Waals surface area contributed by atoms with Crippen molar-refractivity contribution in [2.24, 2.45) is 0 Å². The van der Waals surface area contributed by atoms with Crippen molar-refractivity contribution in [2.75, 3.05) is 0 Å². The van der Waals surface area contributed by atoms with E-state index in [0.29, 0.717) is 25.6 Å². The molecule has 0 aliphatic heterocycles. The summed E-state index contributed by atoms with van der Waals surface area (Å²) in [4.78, 5) is 20.4. The predicted molar refractivity (Wildman–Crippen MR) is 170 cm³/mol. The van der Waals surface area contributed by atoms with E-state index in [1.807, 2.05) is 6.07 Å². The predicted octanol–water partition coefficient (Wildman–Crippen LogP) is 8.43. The molecule has 0 radical (unpaired) electrons. The molecule has 2 N–H and O–H groups in total. The maximum Gasteiger partial charge on any atom is 0.148 e. The van der Waals surface area contributed by atoms with E-state index < -0.39 is 22.8 Å². The molecule has 13 heteroatoms. The second-order valence-electron chi connectivity index (χ2n) is 10.2. The third-order valence-electron chi connectivity index (χ3n) is 5.05. The number of hydrogen-bond donors (Lipinski definition) is 2. The number of rotatable bonds is 3. The van der Waals surface area contributed by atoms with Gasteiger partial charge in [-0.05, 0) is 97.2 Å². The van der Waals surface area contributed by atoms with Gasteiger partial charge in [-0.15, -0.1) is 0 Å². The van der Waals surface area contributed by atoms with E-state index >= 15 is 0 Å². The summed E-state index contributed by atoms with van der Waals surface area (Å²) in [6.07, 6.45) is 7.75. The Labute approximate surface area is 276 Å². The molecule has 0 aliphatic rings. The van der Waals surface area contributed by atoms with Crippen LogP contribution in [0.25, 0.3) is 11.1 Å². The van der Waals surface area contributed by atoms with Crippen LogP contribution >= 0.6 is 43.5 Å². The van der Waals surface area contributed by atoms with Crippen LogP contribution in [-0.2, 0) is 16.0 Å². The van der Waals surface area contributed by atoms with Gasteiger partial charge in [-0.1, -0.05) is 17.7 Å². The third-order valence-corrected chi connectivity index (χ3v) is 6.40. The summed E-state index contributed by atoms with van der Waals surface area (Å²) in [7, 11) is 0. The number of pyridine rings is 3. The Bertz CT molecular complexity index is 1580. The van der Waals surface area contributed by atoms with Crippen LogP contribution in [0.2, 0.25) is 5.02 Å². The largest absolute Gasteiger partial charge is 0.386 e. The van der Waals surface area contributed by atoms with E-state index in [2.05, 4.69) is 46.8 Å². The highest BCUT2D eigenvalue weighted by atomic mass is 79.9. The molecule has 4 rings (SSSR count). The van der Waals surface area contributed by atoms with E-state index in [1.54, 1.807) is 18.2 Å². The zero-order valence-corrected chi connectivity index (χ0v) is 28.6. The van der Waals surface area contributed by atoms with Crippen LogP contribution in [0.3, 0.4) is 0 Å². The Balaban J connectivity index is 0.000000340. The first-order valence-corrected chi connectivity index (χ1v) is 14.6. The molecule has 3 heterocycles. The van der Waals surface area contributed by atoms with Gasteiger partial charge in [-0.2, -0.15) is 5.26 Å². The van der Waals surface area contributed by atoms with Crippen molar-refractivity contribution in [1.29, 1.82) is 5.26 Å². The first-order chi connectivity index (χ1) is 20.3. The van der Waals surface area contributed by atoms with Crippen LogP contribution in [0.1, 0.15) is 58.2 Å². The summed E-state index contributed by atoms with van der Waals surface area (Å²) in [6.45, 7) is 9.10. The highest BCUT2D eigenvalue weighted by Gasteiger charge is 2.26. The molecule has 0 saturated heterocycles. The summed E-state index contributed by atoms with van der Waals surface area (Å²) < 4.78 is 40.3. The Kier molecular flexibility index (Phi) is 15.3. The number of nitriles is 1. The molecule has 0 atom stereocenters. The molecule has 0 aliphatic carbocycles. The second-order valence-corrected chi connectivity index (χ2v) is 12.4. The summed E-state index contributed by atoms with van der Waals surface area (Å²) >= 11 is 12.2. The smallest absolute Gasteiger partial charge is 0.148 e. The van der Waals surface area contributed by atoms with Crippen LogP contribution in [0, 0.1) is 28.8 Å². The summed E-state index contributed by atoms with van der Waals surface area (Å²) in [6, 6.07) is 8.08. The zero-order chi connectivity index (χ0) is 33.8. The van der Waals surface area contributed by atoms with Crippen molar-refractivity contribution in [3.63, 3.8) is 0 Å². The van der Waals surface area contributed by atoms with Gasteiger partial charge in [0.15, 0.2) is 0 Å². The topological polar surface area (TPSA) is 120 Å². The van der Waals surface area contributed by atoms with E-state index in [0.717, 1.165) is 18.6 Å². The maximum absolute atomic E-state index is 14.0. The summed E-state index contributed by atoms with van der Waals surface area (Å²) in [5.41, 5.74) is -0.786. The van der Waals surface area contributed by atoms with Crippen LogP contribution < -0.4 is 0 Å².